The number of Topliss-reactive ketones (excluding diaryl/α,β-unsaturated/α-hetero) is 1. The maximum absolute atomic E-state index is 16.0. The van der Waals surface area contributed by atoms with E-state index in [1.807, 2.05) is 22.3 Å². The molecular weight excluding hydrogens is 508 g/mol. The Kier molecular flexibility index (Phi) is 4.09. The average molecular weight is 553 g/mol. The fourth-order valence-corrected chi connectivity index (χ4v) is 11.0. The van der Waals surface area contributed by atoms with Gasteiger partial charge in [0.1, 0.15) is 0 Å². The smallest absolute Gasteiger partial charge is 0.175 e. The van der Waals surface area contributed by atoms with Crippen LogP contribution in [0.4, 0.5) is 0 Å². The van der Waals surface area contributed by atoms with Crippen LogP contribution in [0.15, 0.2) is 80.0 Å². The summed E-state index contributed by atoms with van der Waals surface area (Å²) in [5.41, 5.74) is 16.6. The van der Waals surface area contributed by atoms with E-state index in [1.54, 1.807) is 27.9 Å². The Hall–Kier alpha value is -2.15. The molecule has 0 aromatic rings. The van der Waals surface area contributed by atoms with Crippen molar-refractivity contribution in [2.75, 3.05) is 0 Å². The second-order valence-electron chi connectivity index (χ2n) is 16.9. The Morgan fingerprint density at radius 1 is 0.381 bits per heavy atom. The van der Waals surface area contributed by atoms with Crippen molar-refractivity contribution in [2.45, 2.75) is 103 Å². The number of carbonyl (C=O) groups excluding carboxylic acids is 1. The van der Waals surface area contributed by atoms with Gasteiger partial charge in [0, 0.05) is 5.57 Å². The lowest BCUT2D eigenvalue weighted by Gasteiger charge is -2.53. The van der Waals surface area contributed by atoms with E-state index in [1.165, 1.54) is 108 Å². The molecule has 0 bridgehead atoms. The predicted molar refractivity (Wildman–Crippen MR) is 165 cm³/mol. The summed E-state index contributed by atoms with van der Waals surface area (Å²) in [6.07, 6.45) is 31.6. The van der Waals surface area contributed by atoms with Crippen LogP contribution in [-0.2, 0) is 4.79 Å². The minimum atomic E-state index is -0.490. The van der Waals surface area contributed by atoms with Crippen molar-refractivity contribution in [3.05, 3.63) is 80.0 Å². The molecule has 42 heavy (non-hydrogen) atoms. The maximum Gasteiger partial charge on any atom is 0.175 e. The third-order valence-electron chi connectivity index (χ3n) is 13.7. The summed E-state index contributed by atoms with van der Waals surface area (Å²) in [6, 6.07) is 0. The number of allylic oxidation sites excluding steroid dienone is 14. The van der Waals surface area contributed by atoms with Crippen molar-refractivity contribution >= 4 is 5.78 Å². The van der Waals surface area contributed by atoms with E-state index in [4.69, 9.17) is 0 Å². The second-order valence-corrected chi connectivity index (χ2v) is 16.9. The van der Waals surface area contributed by atoms with Crippen LogP contribution in [0.5, 0.6) is 0 Å². The average Bonchev–Trinajstić information content (AvgIpc) is 3.83. The van der Waals surface area contributed by atoms with Gasteiger partial charge < -0.3 is 0 Å². The van der Waals surface area contributed by atoms with Crippen LogP contribution in [0.3, 0.4) is 0 Å². The van der Waals surface area contributed by atoms with E-state index in [0.29, 0.717) is 35.4 Å². The molecule has 12 aliphatic carbocycles. The third kappa shape index (κ3) is 2.78. The van der Waals surface area contributed by atoms with Crippen LogP contribution >= 0.6 is 0 Å². The molecule has 0 aromatic carbocycles. The van der Waals surface area contributed by atoms with Crippen molar-refractivity contribution in [2.24, 2.45) is 58.2 Å². The highest BCUT2D eigenvalue weighted by Gasteiger charge is 2.73. The van der Waals surface area contributed by atoms with E-state index in [9.17, 15) is 0 Å². The van der Waals surface area contributed by atoms with Crippen LogP contribution in [0, 0.1) is 58.2 Å². The predicted octanol–water partition coefficient (Wildman–Crippen LogP) is 9.46. The van der Waals surface area contributed by atoms with Crippen molar-refractivity contribution in [1.29, 1.82) is 0 Å². The first kappa shape index (κ1) is 23.3. The first-order valence-electron chi connectivity index (χ1n) is 18.4. The number of hydrogen-bond acceptors (Lipinski definition) is 1. The summed E-state index contributed by atoms with van der Waals surface area (Å²) < 4.78 is 0. The van der Waals surface area contributed by atoms with Gasteiger partial charge in [0.2, 0.25) is 0 Å². The van der Waals surface area contributed by atoms with Crippen molar-refractivity contribution in [3.8, 4) is 0 Å². The zero-order chi connectivity index (χ0) is 27.1. The lowest BCUT2D eigenvalue weighted by molar-refractivity contribution is -0.123. The quantitative estimate of drug-likeness (QED) is 0.293. The first-order valence-corrected chi connectivity index (χ1v) is 18.4. The van der Waals surface area contributed by atoms with Gasteiger partial charge in [-0.25, -0.2) is 0 Å². The zero-order valence-electron chi connectivity index (χ0n) is 25.2. The SMILES string of the molecule is O=C1C(C2CC2)=C(C2CC2)C(C2CC2)=C2C(C3CC3)=C3C(C4CC4)=C(C4CC4)C(C4CC4)=C(C4CC4)C34C=CC=CC124. The first-order chi connectivity index (χ1) is 20.7. The Balaban J connectivity index is 1.28. The van der Waals surface area contributed by atoms with Gasteiger partial charge in [-0.3, -0.25) is 4.79 Å². The molecule has 1 heteroatoms. The van der Waals surface area contributed by atoms with Gasteiger partial charge in [-0.1, -0.05) is 24.3 Å². The molecule has 12 rings (SSSR count). The van der Waals surface area contributed by atoms with Crippen molar-refractivity contribution in [1.82, 2.24) is 0 Å². The summed E-state index contributed by atoms with van der Waals surface area (Å²) in [5, 5.41) is 0. The largest absolute Gasteiger partial charge is 0.293 e. The van der Waals surface area contributed by atoms with Gasteiger partial charge in [-0.2, -0.15) is 0 Å². The molecule has 0 aliphatic heterocycles. The molecule has 214 valence electrons. The number of hydrogen-bond donors (Lipinski definition) is 0. The van der Waals surface area contributed by atoms with Gasteiger partial charge in [0.05, 0.1) is 10.8 Å². The van der Waals surface area contributed by atoms with Gasteiger partial charge in [0.25, 0.3) is 0 Å². The molecule has 2 unspecified atom stereocenters. The monoisotopic (exact) mass is 552 g/mol. The second kappa shape index (κ2) is 7.38. The molecule has 0 N–H and O–H groups in total. The van der Waals surface area contributed by atoms with E-state index in [2.05, 4.69) is 24.3 Å². The lowest BCUT2D eigenvalue weighted by atomic mass is 9.47. The summed E-state index contributed by atoms with van der Waals surface area (Å²) in [4.78, 5) is 16.0. The van der Waals surface area contributed by atoms with Gasteiger partial charge in [-0.05, 0) is 200 Å². The zero-order valence-corrected chi connectivity index (χ0v) is 25.2. The third-order valence-corrected chi connectivity index (χ3v) is 13.7. The standard InChI is InChI=1S/C41H44O/c42-39-34(26-13-14-26)30(22-5-6-22)33(25-11-12-25)38-35(27-15-16-27)37-32(24-9-10-24)29(21-3-4-21)31(23-7-8-23)36(28-17-18-28)40(37)19-1-2-20-41(38,39)40/h1-2,19-28H,3-18H2. The summed E-state index contributed by atoms with van der Waals surface area (Å²) in [5.74, 6) is 6.27. The number of ketones is 1. The van der Waals surface area contributed by atoms with Crippen LogP contribution < -0.4 is 0 Å². The molecule has 1 nitrogen and oxygen atoms in total. The van der Waals surface area contributed by atoms with E-state index < -0.39 is 5.41 Å². The molecule has 0 saturated heterocycles. The molecule has 0 aromatic heterocycles. The molecule has 8 saturated carbocycles. The Morgan fingerprint density at radius 3 is 1.31 bits per heavy atom. The number of rotatable bonds is 8. The summed E-state index contributed by atoms with van der Waals surface area (Å²) >= 11 is 0. The van der Waals surface area contributed by atoms with Gasteiger partial charge in [-0.15, -0.1) is 0 Å². The lowest BCUT2D eigenvalue weighted by Crippen LogP contribution is -2.52. The highest BCUT2D eigenvalue weighted by atomic mass is 16.1. The van der Waals surface area contributed by atoms with Crippen molar-refractivity contribution < 1.29 is 4.79 Å². The minimum Gasteiger partial charge on any atom is -0.293 e. The molecule has 2 atom stereocenters. The molecule has 12 aliphatic rings. The normalized spacial score (nSPS) is 39.6. The summed E-state index contributed by atoms with van der Waals surface area (Å²) in [6.45, 7) is 0. The highest BCUT2D eigenvalue weighted by Crippen LogP contribution is 2.80. The van der Waals surface area contributed by atoms with Gasteiger partial charge >= 0.3 is 0 Å². The number of carbonyl (C=O) groups is 1. The Morgan fingerprint density at radius 2 is 0.762 bits per heavy atom. The summed E-state index contributed by atoms with van der Waals surface area (Å²) in [7, 11) is 0. The molecule has 8 fully saturated rings. The molecule has 0 amide bonds. The molecule has 0 heterocycles. The van der Waals surface area contributed by atoms with Crippen molar-refractivity contribution in [3.63, 3.8) is 0 Å². The molecule has 2 spiro atoms. The Bertz CT molecular complexity index is 1630. The van der Waals surface area contributed by atoms with Crippen LogP contribution in [0.1, 0.15) is 103 Å². The Labute approximate surface area is 251 Å². The fourth-order valence-electron chi connectivity index (χ4n) is 11.0. The minimum absolute atomic E-state index is 0.225. The fraction of sp³-hybridized carbons (Fsp3) is 0.634. The van der Waals surface area contributed by atoms with E-state index in [-0.39, 0.29) is 5.41 Å². The van der Waals surface area contributed by atoms with Crippen LogP contribution in [-0.4, -0.2) is 5.78 Å². The van der Waals surface area contributed by atoms with Gasteiger partial charge in [0.15, 0.2) is 5.78 Å². The van der Waals surface area contributed by atoms with Crippen LogP contribution in [0.25, 0.3) is 0 Å². The molecular formula is C41H44O. The topological polar surface area (TPSA) is 17.1 Å². The van der Waals surface area contributed by atoms with E-state index in [0.717, 1.165) is 17.8 Å². The highest BCUT2D eigenvalue weighted by molar-refractivity contribution is 6.12. The maximum atomic E-state index is 16.0. The molecule has 0 radical (unpaired) electrons. The van der Waals surface area contributed by atoms with Crippen LogP contribution in [0.2, 0.25) is 0 Å². The van der Waals surface area contributed by atoms with E-state index >= 15 is 4.79 Å².